The Kier molecular flexibility index (Phi) is 3.84. The van der Waals surface area contributed by atoms with Gasteiger partial charge in [-0.1, -0.05) is 84.4 Å². The number of rotatable bonds is 3. The van der Waals surface area contributed by atoms with Gasteiger partial charge in [0.1, 0.15) is 0 Å². The Hall–Kier alpha value is -2.93. The van der Waals surface area contributed by atoms with E-state index in [9.17, 15) is 0 Å². The highest BCUT2D eigenvalue weighted by Gasteiger charge is 2.09. The molecular weight excluding hydrogens is 290 g/mol. The fourth-order valence-electron chi connectivity index (χ4n) is 3.14. The maximum absolute atomic E-state index is 4.80. The number of aryl methyl sites for hydroxylation is 1. The van der Waals surface area contributed by atoms with E-state index in [0.717, 1.165) is 12.1 Å². The lowest BCUT2D eigenvalue weighted by molar-refractivity contribution is 1.10. The first-order valence-corrected chi connectivity index (χ1v) is 8.29. The molecule has 0 N–H and O–H groups in total. The summed E-state index contributed by atoms with van der Waals surface area (Å²) < 4.78 is 0. The van der Waals surface area contributed by atoms with E-state index in [1.165, 1.54) is 33.0 Å². The third kappa shape index (κ3) is 2.81. The van der Waals surface area contributed by atoms with Crippen LogP contribution in [0.5, 0.6) is 0 Å². The van der Waals surface area contributed by atoms with E-state index in [2.05, 4.69) is 79.7 Å². The summed E-state index contributed by atoms with van der Waals surface area (Å²) in [4.78, 5) is 4.80. The van der Waals surface area contributed by atoms with E-state index in [1.54, 1.807) is 0 Å². The number of aromatic nitrogens is 1. The van der Waals surface area contributed by atoms with E-state index >= 15 is 0 Å². The number of hydrogen-bond donors (Lipinski definition) is 0. The minimum absolute atomic E-state index is 0.857. The van der Waals surface area contributed by atoms with Gasteiger partial charge in [0.25, 0.3) is 0 Å². The molecule has 0 spiro atoms. The first kappa shape index (κ1) is 14.6. The lowest BCUT2D eigenvalue weighted by atomic mass is 9.97. The van der Waals surface area contributed by atoms with Gasteiger partial charge in [0, 0.05) is 23.6 Å². The predicted octanol–water partition coefficient (Wildman–Crippen LogP) is 5.80. The summed E-state index contributed by atoms with van der Waals surface area (Å²) in [6.07, 6.45) is 2.87. The normalized spacial score (nSPS) is 10.9. The van der Waals surface area contributed by atoms with Crippen LogP contribution >= 0.6 is 0 Å². The molecular formula is C23H19N. The summed E-state index contributed by atoms with van der Waals surface area (Å²) in [6, 6.07) is 27.8. The Morgan fingerprint density at radius 1 is 0.708 bits per heavy atom. The number of benzene rings is 3. The van der Waals surface area contributed by atoms with Gasteiger partial charge in [0.15, 0.2) is 0 Å². The second-order valence-electron chi connectivity index (χ2n) is 6.19. The van der Waals surface area contributed by atoms with E-state index < -0.39 is 0 Å². The van der Waals surface area contributed by atoms with Crippen molar-refractivity contribution >= 4 is 10.8 Å². The minimum atomic E-state index is 0.857. The molecule has 0 aliphatic carbocycles. The van der Waals surface area contributed by atoms with E-state index in [1.807, 2.05) is 12.3 Å². The first-order valence-electron chi connectivity index (χ1n) is 8.29. The highest BCUT2D eigenvalue weighted by atomic mass is 14.7. The number of nitrogens with zero attached hydrogens (tertiary/aromatic N) is 1. The molecule has 0 saturated carbocycles. The van der Waals surface area contributed by atoms with Crippen molar-refractivity contribution in [1.29, 1.82) is 0 Å². The molecule has 1 heterocycles. The highest BCUT2D eigenvalue weighted by Crippen LogP contribution is 2.30. The molecule has 0 aliphatic heterocycles. The standard InChI is InChI=1S/C23H19N/c1-17-11-13-18(14-12-17)15-23-21-10-6-5-9-20(21)22(16-24-23)19-7-3-2-4-8-19/h2-14,16H,15H2,1H3. The quantitative estimate of drug-likeness (QED) is 0.466. The molecule has 24 heavy (non-hydrogen) atoms. The van der Waals surface area contributed by atoms with Crippen LogP contribution in [0.1, 0.15) is 16.8 Å². The van der Waals surface area contributed by atoms with Gasteiger partial charge in [-0.05, 0) is 23.4 Å². The van der Waals surface area contributed by atoms with Crippen LogP contribution in [0.4, 0.5) is 0 Å². The summed E-state index contributed by atoms with van der Waals surface area (Å²) in [7, 11) is 0. The molecule has 0 amide bonds. The van der Waals surface area contributed by atoms with Gasteiger partial charge in [-0.2, -0.15) is 0 Å². The molecule has 0 unspecified atom stereocenters. The second-order valence-corrected chi connectivity index (χ2v) is 6.19. The van der Waals surface area contributed by atoms with E-state index in [4.69, 9.17) is 4.98 Å². The molecule has 4 rings (SSSR count). The Balaban J connectivity index is 1.82. The number of hydrogen-bond acceptors (Lipinski definition) is 1. The topological polar surface area (TPSA) is 12.9 Å². The van der Waals surface area contributed by atoms with Crippen LogP contribution in [0.15, 0.2) is 85.1 Å². The monoisotopic (exact) mass is 309 g/mol. The third-order valence-electron chi connectivity index (χ3n) is 4.45. The smallest absolute Gasteiger partial charge is 0.0526 e. The summed E-state index contributed by atoms with van der Waals surface area (Å²) >= 11 is 0. The van der Waals surface area contributed by atoms with Crippen molar-refractivity contribution in [3.05, 3.63) is 102 Å². The van der Waals surface area contributed by atoms with Gasteiger partial charge in [-0.25, -0.2) is 0 Å². The van der Waals surface area contributed by atoms with Gasteiger partial charge in [-0.3, -0.25) is 4.98 Å². The Bertz CT molecular complexity index is 970. The van der Waals surface area contributed by atoms with Gasteiger partial charge < -0.3 is 0 Å². The van der Waals surface area contributed by atoms with Gasteiger partial charge >= 0.3 is 0 Å². The Morgan fingerprint density at radius 2 is 1.38 bits per heavy atom. The molecule has 0 saturated heterocycles. The summed E-state index contributed by atoms with van der Waals surface area (Å²) in [5, 5.41) is 2.50. The number of pyridine rings is 1. The molecule has 0 radical (unpaired) electrons. The van der Waals surface area contributed by atoms with Crippen LogP contribution in [0.25, 0.3) is 21.9 Å². The molecule has 116 valence electrons. The second kappa shape index (κ2) is 6.29. The molecule has 0 aliphatic rings. The number of fused-ring (bicyclic) bond motifs is 1. The lowest BCUT2D eigenvalue weighted by Gasteiger charge is -2.11. The zero-order valence-corrected chi connectivity index (χ0v) is 13.7. The van der Waals surface area contributed by atoms with Crippen molar-refractivity contribution in [3.8, 4) is 11.1 Å². The average Bonchev–Trinajstić information content (AvgIpc) is 2.64. The fraction of sp³-hybridized carbons (Fsp3) is 0.0870. The van der Waals surface area contributed by atoms with Crippen molar-refractivity contribution in [1.82, 2.24) is 4.98 Å². The molecule has 4 aromatic rings. The molecule has 1 aromatic heterocycles. The summed E-state index contributed by atoms with van der Waals surface area (Å²) in [6.45, 7) is 2.12. The third-order valence-corrected chi connectivity index (χ3v) is 4.45. The molecule has 1 heteroatoms. The van der Waals surface area contributed by atoms with Gasteiger partial charge in [0.2, 0.25) is 0 Å². The molecule has 3 aromatic carbocycles. The molecule has 0 bridgehead atoms. The lowest BCUT2D eigenvalue weighted by Crippen LogP contribution is -1.95. The maximum atomic E-state index is 4.80. The maximum Gasteiger partial charge on any atom is 0.0526 e. The van der Waals surface area contributed by atoms with Crippen LogP contribution in [0.3, 0.4) is 0 Å². The first-order chi connectivity index (χ1) is 11.8. The fourth-order valence-corrected chi connectivity index (χ4v) is 3.14. The Labute approximate surface area is 142 Å². The predicted molar refractivity (Wildman–Crippen MR) is 101 cm³/mol. The van der Waals surface area contributed by atoms with Gasteiger partial charge in [-0.15, -0.1) is 0 Å². The zero-order chi connectivity index (χ0) is 16.4. The molecule has 0 fully saturated rings. The highest BCUT2D eigenvalue weighted by molar-refractivity contribution is 5.97. The van der Waals surface area contributed by atoms with Crippen LogP contribution in [0, 0.1) is 6.92 Å². The summed E-state index contributed by atoms with van der Waals surface area (Å²) in [5.41, 5.74) is 6.12. The van der Waals surface area contributed by atoms with E-state index in [0.29, 0.717) is 0 Å². The van der Waals surface area contributed by atoms with Gasteiger partial charge in [0.05, 0.1) is 5.69 Å². The van der Waals surface area contributed by atoms with Crippen molar-refractivity contribution in [3.63, 3.8) is 0 Å². The van der Waals surface area contributed by atoms with E-state index in [-0.39, 0.29) is 0 Å². The van der Waals surface area contributed by atoms with Crippen LogP contribution in [0.2, 0.25) is 0 Å². The average molecular weight is 309 g/mol. The van der Waals surface area contributed by atoms with Crippen molar-refractivity contribution in [2.45, 2.75) is 13.3 Å². The minimum Gasteiger partial charge on any atom is -0.260 e. The SMILES string of the molecule is Cc1ccc(Cc2ncc(-c3ccccc3)c3ccccc23)cc1. The largest absolute Gasteiger partial charge is 0.260 e. The van der Waals surface area contributed by atoms with Crippen LogP contribution in [-0.2, 0) is 6.42 Å². The molecule has 0 atom stereocenters. The van der Waals surface area contributed by atoms with Crippen LogP contribution < -0.4 is 0 Å². The summed E-state index contributed by atoms with van der Waals surface area (Å²) in [5.74, 6) is 0. The van der Waals surface area contributed by atoms with Crippen molar-refractivity contribution in [2.24, 2.45) is 0 Å². The van der Waals surface area contributed by atoms with Crippen molar-refractivity contribution < 1.29 is 0 Å². The van der Waals surface area contributed by atoms with Crippen LogP contribution in [-0.4, -0.2) is 4.98 Å². The Morgan fingerprint density at radius 3 is 2.12 bits per heavy atom. The molecule has 1 nitrogen and oxygen atoms in total. The van der Waals surface area contributed by atoms with Crippen molar-refractivity contribution in [2.75, 3.05) is 0 Å². The zero-order valence-electron chi connectivity index (χ0n) is 13.7.